The number of hydrogen-bond acceptors (Lipinski definition) is 5. The van der Waals surface area contributed by atoms with Crippen LogP contribution in [0.5, 0.6) is 0 Å². The van der Waals surface area contributed by atoms with Gasteiger partial charge in [0.05, 0.1) is 12.3 Å². The SMILES string of the molecule is CC(C)CCOCCOC(=O)c1sccc1N. The van der Waals surface area contributed by atoms with Crippen LogP contribution < -0.4 is 5.73 Å². The van der Waals surface area contributed by atoms with Crippen LogP contribution >= 0.6 is 11.3 Å². The van der Waals surface area contributed by atoms with E-state index in [1.807, 2.05) is 0 Å². The van der Waals surface area contributed by atoms with E-state index in [1.54, 1.807) is 11.4 Å². The molecule has 0 unspecified atom stereocenters. The Morgan fingerprint density at radius 3 is 2.76 bits per heavy atom. The van der Waals surface area contributed by atoms with E-state index in [1.165, 1.54) is 11.3 Å². The first-order valence-electron chi connectivity index (χ1n) is 5.69. The van der Waals surface area contributed by atoms with Crippen molar-refractivity contribution in [2.24, 2.45) is 5.92 Å². The van der Waals surface area contributed by atoms with Crippen LogP contribution in [0.15, 0.2) is 11.4 Å². The largest absolute Gasteiger partial charge is 0.459 e. The van der Waals surface area contributed by atoms with Crippen molar-refractivity contribution in [2.75, 3.05) is 25.6 Å². The molecule has 96 valence electrons. The molecule has 0 aliphatic heterocycles. The van der Waals surface area contributed by atoms with Crippen LogP contribution in [-0.2, 0) is 9.47 Å². The van der Waals surface area contributed by atoms with Crippen LogP contribution in [0.2, 0.25) is 0 Å². The Morgan fingerprint density at radius 1 is 1.41 bits per heavy atom. The highest BCUT2D eigenvalue weighted by Gasteiger charge is 2.12. The summed E-state index contributed by atoms with van der Waals surface area (Å²) in [4.78, 5) is 12.0. The Balaban J connectivity index is 2.11. The topological polar surface area (TPSA) is 61.5 Å². The molecule has 5 heteroatoms. The zero-order chi connectivity index (χ0) is 12.7. The molecule has 0 atom stereocenters. The fraction of sp³-hybridized carbons (Fsp3) is 0.583. The molecule has 0 saturated carbocycles. The minimum atomic E-state index is -0.370. The lowest BCUT2D eigenvalue weighted by Crippen LogP contribution is -2.11. The van der Waals surface area contributed by atoms with Gasteiger partial charge in [0.2, 0.25) is 0 Å². The highest BCUT2D eigenvalue weighted by molar-refractivity contribution is 7.12. The molecular formula is C12H19NO3S. The van der Waals surface area contributed by atoms with Crippen LogP contribution in [-0.4, -0.2) is 25.8 Å². The normalized spacial score (nSPS) is 10.8. The van der Waals surface area contributed by atoms with Crippen LogP contribution in [0.3, 0.4) is 0 Å². The first-order chi connectivity index (χ1) is 8.11. The molecule has 1 heterocycles. The second-order valence-corrected chi connectivity index (χ2v) is 5.05. The molecule has 2 N–H and O–H groups in total. The number of carbonyl (C=O) groups is 1. The van der Waals surface area contributed by atoms with Crippen molar-refractivity contribution < 1.29 is 14.3 Å². The summed E-state index contributed by atoms with van der Waals surface area (Å²) >= 11 is 1.29. The molecule has 0 saturated heterocycles. The minimum absolute atomic E-state index is 0.272. The van der Waals surface area contributed by atoms with Crippen molar-refractivity contribution in [2.45, 2.75) is 20.3 Å². The molecular weight excluding hydrogens is 238 g/mol. The zero-order valence-electron chi connectivity index (χ0n) is 10.3. The predicted octanol–water partition coefficient (Wildman–Crippen LogP) is 2.55. The third-order valence-corrected chi connectivity index (χ3v) is 3.09. The number of carbonyl (C=O) groups excluding carboxylic acids is 1. The van der Waals surface area contributed by atoms with Crippen LogP contribution in [0, 0.1) is 5.92 Å². The number of rotatable bonds is 7. The maximum Gasteiger partial charge on any atom is 0.350 e. The molecule has 0 aromatic carbocycles. The van der Waals surface area contributed by atoms with E-state index < -0.39 is 0 Å². The highest BCUT2D eigenvalue weighted by atomic mass is 32.1. The minimum Gasteiger partial charge on any atom is -0.459 e. The van der Waals surface area contributed by atoms with Crippen molar-refractivity contribution in [1.29, 1.82) is 0 Å². The predicted molar refractivity (Wildman–Crippen MR) is 69.3 cm³/mol. The van der Waals surface area contributed by atoms with Gasteiger partial charge in [0.15, 0.2) is 0 Å². The summed E-state index contributed by atoms with van der Waals surface area (Å²) in [5.74, 6) is 0.258. The first-order valence-corrected chi connectivity index (χ1v) is 6.57. The maximum absolute atomic E-state index is 11.5. The Morgan fingerprint density at radius 2 is 2.18 bits per heavy atom. The molecule has 0 aliphatic rings. The standard InChI is InChI=1S/C12H19NO3S/c1-9(2)3-5-15-6-7-16-12(14)11-10(13)4-8-17-11/h4,8-9H,3,5-7,13H2,1-2H3. The second kappa shape index (κ2) is 7.29. The van der Waals surface area contributed by atoms with Gasteiger partial charge in [0, 0.05) is 6.61 Å². The van der Waals surface area contributed by atoms with Crippen LogP contribution in [0.25, 0.3) is 0 Å². The van der Waals surface area contributed by atoms with Gasteiger partial charge in [0.1, 0.15) is 11.5 Å². The van der Waals surface area contributed by atoms with Crippen molar-refractivity contribution in [3.05, 3.63) is 16.3 Å². The third kappa shape index (κ3) is 5.19. The molecule has 1 aromatic heterocycles. The molecule has 4 nitrogen and oxygen atoms in total. The van der Waals surface area contributed by atoms with E-state index in [2.05, 4.69) is 13.8 Å². The number of hydrogen-bond donors (Lipinski definition) is 1. The number of anilines is 1. The number of ether oxygens (including phenoxy) is 2. The van der Waals surface area contributed by atoms with Gasteiger partial charge in [-0.1, -0.05) is 13.8 Å². The summed E-state index contributed by atoms with van der Waals surface area (Å²) in [5, 5.41) is 1.77. The van der Waals surface area contributed by atoms with E-state index in [9.17, 15) is 4.79 Å². The molecule has 1 rings (SSSR count). The van der Waals surface area contributed by atoms with E-state index >= 15 is 0 Å². The summed E-state index contributed by atoms with van der Waals surface area (Å²) < 4.78 is 10.4. The monoisotopic (exact) mass is 257 g/mol. The summed E-state index contributed by atoms with van der Waals surface area (Å²) in [6, 6.07) is 1.69. The zero-order valence-corrected chi connectivity index (χ0v) is 11.1. The van der Waals surface area contributed by atoms with Gasteiger partial charge < -0.3 is 15.2 Å². The average molecular weight is 257 g/mol. The lowest BCUT2D eigenvalue weighted by atomic mass is 10.1. The fourth-order valence-corrected chi connectivity index (χ4v) is 1.88. The molecule has 0 radical (unpaired) electrons. The molecule has 0 amide bonds. The second-order valence-electron chi connectivity index (χ2n) is 4.14. The number of nitrogens with two attached hydrogens (primary N) is 1. The van der Waals surface area contributed by atoms with Crippen LogP contribution in [0.4, 0.5) is 5.69 Å². The summed E-state index contributed by atoms with van der Waals surface area (Å²) in [6.45, 7) is 5.69. The molecule has 1 aromatic rings. The number of esters is 1. The van der Waals surface area contributed by atoms with Crippen molar-refractivity contribution >= 4 is 23.0 Å². The quantitative estimate of drug-likeness (QED) is 0.602. The van der Waals surface area contributed by atoms with E-state index in [4.69, 9.17) is 15.2 Å². The van der Waals surface area contributed by atoms with Crippen molar-refractivity contribution in [1.82, 2.24) is 0 Å². The average Bonchev–Trinajstić information content (AvgIpc) is 2.69. The smallest absolute Gasteiger partial charge is 0.350 e. The van der Waals surface area contributed by atoms with E-state index in [0.29, 0.717) is 29.7 Å². The molecule has 0 fully saturated rings. The van der Waals surface area contributed by atoms with Gasteiger partial charge in [0.25, 0.3) is 0 Å². The fourth-order valence-electron chi connectivity index (χ4n) is 1.16. The van der Waals surface area contributed by atoms with Crippen molar-refractivity contribution in [3.8, 4) is 0 Å². The molecule has 0 bridgehead atoms. The van der Waals surface area contributed by atoms with E-state index in [-0.39, 0.29) is 12.6 Å². The molecule has 0 spiro atoms. The van der Waals surface area contributed by atoms with Gasteiger partial charge in [-0.25, -0.2) is 4.79 Å². The summed E-state index contributed by atoms with van der Waals surface area (Å²) in [5.41, 5.74) is 6.08. The van der Waals surface area contributed by atoms with Gasteiger partial charge in [-0.05, 0) is 23.8 Å². The highest BCUT2D eigenvalue weighted by Crippen LogP contribution is 2.19. The Labute approximate surface area is 106 Å². The summed E-state index contributed by atoms with van der Waals surface area (Å²) in [7, 11) is 0. The summed E-state index contributed by atoms with van der Waals surface area (Å²) in [6.07, 6.45) is 1.02. The van der Waals surface area contributed by atoms with Crippen molar-refractivity contribution in [3.63, 3.8) is 0 Å². The van der Waals surface area contributed by atoms with Gasteiger partial charge >= 0.3 is 5.97 Å². The molecule has 0 aliphatic carbocycles. The number of nitrogen functional groups attached to an aromatic ring is 1. The third-order valence-electron chi connectivity index (χ3n) is 2.18. The lowest BCUT2D eigenvalue weighted by molar-refractivity contribution is 0.0309. The van der Waals surface area contributed by atoms with Gasteiger partial charge in [-0.3, -0.25) is 0 Å². The maximum atomic E-state index is 11.5. The van der Waals surface area contributed by atoms with Gasteiger partial charge in [-0.15, -0.1) is 11.3 Å². The lowest BCUT2D eigenvalue weighted by Gasteiger charge is -2.07. The Bertz CT molecular complexity index is 349. The number of thiophene rings is 1. The van der Waals surface area contributed by atoms with Crippen LogP contribution in [0.1, 0.15) is 29.9 Å². The van der Waals surface area contributed by atoms with Gasteiger partial charge in [-0.2, -0.15) is 0 Å². The van der Waals surface area contributed by atoms with E-state index in [0.717, 1.165) is 6.42 Å². The molecule has 17 heavy (non-hydrogen) atoms. The Kier molecular flexibility index (Phi) is 6.00. The Hall–Kier alpha value is -1.07. The first kappa shape index (κ1) is 14.0.